The predicted octanol–water partition coefficient (Wildman–Crippen LogP) is 4.06. The number of unbranched alkanes of at least 4 members (excludes halogenated alkanes) is 1. The van der Waals surface area contributed by atoms with E-state index in [4.69, 9.17) is 9.47 Å². The molecule has 2 aliphatic rings. The third-order valence-corrected chi connectivity index (χ3v) is 5.79. The summed E-state index contributed by atoms with van der Waals surface area (Å²) in [6.07, 6.45) is 1.60. The van der Waals surface area contributed by atoms with E-state index in [1.165, 1.54) is 6.08 Å². The van der Waals surface area contributed by atoms with Crippen molar-refractivity contribution >= 4 is 0 Å². The maximum absolute atomic E-state index is 14.1. The summed E-state index contributed by atoms with van der Waals surface area (Å²) < 4.78 is 39.8. The minimum Gasteiger partial charge on any atom is -0.383 e. The van der Waals surface area contributed by atoms with Crippen LogP contribution in [0.1, 0.15) is 44.6 Å². The third-order valence-electron chi connectivity index (χ3n) is 5.79. The standard InChI is InChI=1S/C22H30F2O4/c1-2-3-11-22(23,24)20(25)10-9-16-17-12-21(26)28-19(17)13-18(16)27-14-15-7-5-4-6-8-15/h4-10,16-21,25-26H,2-3,11-14H2,1H3. The van der Waals surface area contributed by atoms with Gasteiger partial charge in [0.25, 0.3) is 5.92 Å². The zero-order chi connectivity index (χ0) is 20.1. The van der Waals surface area contributed by atoms with Crippen molar-refractivity contribution in [2.75, 3.05) is 0 Å². The van der Waals surface area contributed by atoms with Gasteiger partial charge in [-0.15, -0.1) is 0 Å². The van der Waals surface area contributed by atoms with Gasteiger partial charge in [-0.2, -0.15) is 0 Å². The zero-order valence-electron chi connectivity index (χ0n) is 16.2. The summed E-state index contributed by atoms with van der Waals surface area (Å²) in [4.78, 5) is 0. The van der Waals surface area contributed by atoms with Crippen LogP contribution in [0.5, 0.6) is 0 Å². The predicted molar refractivity (Wildman–Crippen MR) is 102 cm³/mol. The van der Waals surface area contributed by atoms with Crippen LogP contribution >= 0.6 is 0 Å². The van der Waals surface area contributed by atoms with Crippen LogP contribution in [-0.2, 0) is 16.1 Å². The van der Waals surface area contributed by atoms with Crippen LogP contribution in [0.2, 0.25) is 0 Å². The van der Waals surface area contributed by atoms with Gasteiger partial charge in [-0.05, 0) is 17.9 Å². The minimum absolute atomic E-state index is 0.00323. The van der Waals surface area contributed by atoms with Gasteiger partial charge in [-0.25, -0.2) is 8.78 Å². The maximum Gasteiger partial charge on any atom is 0.276 e. The van der Waals surface area contributed by atoms with Crippen LogP contribution in [0.4, 0.5) is 8.78 Å². The van der Waals surface area contributed by atoms with Crippen LogP contribution in [-0.4, -0.2) is 40.7 Å². The first-order chi connectivity index (χ1) is 13.4. The van der Waals surface area contributed by atoms with Crippen LogP contribution in [0, 0.1) is 11.8 Å². The Hall–Kier alpha value is -1.34. The fourth-order valence-corrected chi connectivity index (χ4v) is 4.20. The first-order valence-corrected chi connectivity index (χ1v) is 10.1. The van der Waals surface area contributed by atoms with Crippen LogP contribution in [0.15, 0.2) is 42.5 Å². The lowest BCUT2D eigenvalue weighted by atomic mass is 9.90. The fourth-order valence-electron chi connectivity index (χ4n) is 4.20. The molecule has 0 aromatic heterocycles. The highest BCUT2D eigenvalue weighted by Gasteiger charge is 2.49. The van der Waals surface area contributed by atoms with E-state index in [9.17, 15) is 19.0 Å². The lowest BCUT2D eigenvalue weighted by Gasteiger charge is -2.23. The molecule has 6 heteroatoms. The van der Waals surface area contributed by atoms with Gasteiger partial charge >= 0.3 is 0 Å². The number of halogens is 2. The van der Waals surface area contributed by atoms with E-state index in [1.807, 2.05) is 37.3 Å². The summed E-state index contributed by atoms with van der Waals surface area (Å²) >= 11 is 0. The molecule has 1 saturated carbocycles. The van der Waals surface area contributed by atoms with E-state index < -0.39 is 18.3 Å². The van der Waals surface area contributed by atoms with Crippen molar-refractivity contribution in [2.45, 2.75) is 76.2 Å². The summed E-state index contributed by atoms with van der Waals surface area (Å²) in [6.45, 7) is 2.27. The molecule has 1 saturated heterocycles. The summed E-state index contributed by atoms with van der Waals surface area (Å²) in [5.74, 6) is -3.32. The zero-order valence-corrected chi connectivity index (χ0v) is 16.2. The van der Waals surface area contributed by atoms with Gasteiger partial charge in [0.2, 0.25) is 0 Å². The van der Waals surface area contributed by atoms with Gasteiger partial charge in [-0.1, -0.05) is 55.8 Å². The molecule has 6 unspecified atom stereocenters. The average Bonchev–Trinajstić information content (AvgIpc) is 3.19. The van der Waals surface area contributed by atoms with Crippen molar-refractivity contribution < 1.29 is 28.5 Å². The van der Waals surface area contributed by atoms with Crippen molar-refractivity contribution in [3.05, 3.63) is 48.0 Å². The molecule has 0 amide bonds. The van der Waals surface area contributed by atoms with Gasteiger partial charge in [-0.3, -0.25) is 0 Å². The van der Waals surface area contributed by atoms with Gasteiger partial charge < -0.3 is 19.7 Å². The highest BCUT2D eigenvalue weighted by Crippen LogP contribution is 2.45. The van der Waals surface area contributed by atoms with E-state index in [0.29, 0.717) is 32.3 Å². The molecule has 4 nitrogen and oxygen atoms in total. The fraction of sp³-hybridized carbons (Fsp3) is 0.636. The Bertz CT molecular complexity index is 637. The lowest BCUT2D eigenvalue weighted by molar-refractivity contribution is -0.0992. The number of aliphatic hydroxyl groups is 2. The molecule has 1 aliphatic heterocycles. The summed E-state index contributed by atoms with van der Waals surface area (Å²) in [7, 11) is 0. The molecule has 6 atom stereocenters. The molecular formula is C22H30F2O4. The number of aliphatic hydroxyl groups excluding tert-OH is 2. The number of hydrogen-bond donors (Lipinski definition) is 2. The van der Waals surface area contributed by atoms with Crippen molar-refractivity contribution in [3.8, 4) is 0 Å². The molecular weight excluding hydrogens is 366 g/mol. The number of benzene rings is 1. The first kappa shape index (κ1) is 21.4. The van der Waals surface area contributed by atoms with Crippen molar-refractivity contribution in [2.24, 2.45) is 11.8 Å². The topological polar surface area (TPSA) is 58.9 Å². The van der Waals surface area contributed by atoms with E-state index in [1.54, 1.807) is 6.08 Å². The Morgan fingerprint density at radius 2 is 2.04 bits per heavy atom. The highest BCUT2D eigenvalue weighted by atomic mass is 19.3. The smallest absolute Gasteiger partial charge is 0.276 e. The molecule has 2 fully saturated rings. The quantitative estimate of drug-likeness (QED) is 0.618. The Kier molecular flexibility index (Phi) is 7.20. The van der Waals surface area contributed by atoms with Crippen molar-refractivity contribution in [1.82, 2.24) is 0 Å². The molecule has 0 radical (unpaired) electrons. The molecule has 1 aromatic rings. The SMILES string of the molecule is CCCCC(F)(F)C(O)C=CC1C(OCc2ccccc2)CC2OC(O)CC21. The van der Waals surface area contributed by atoms with Crippen LogP contribution < -0.4 is 0 Å². The summed E-state index contributed by atoms with van der Waals surface area (Å²) in [5, 5.41) is 19.8. The van der Waals surface area contributed by atoms with E-state index in [2.05, 4.69) is 0 Å². The summed E-state index contributed by atoms with van der Waals surface area (Å²) in [6, 6.07) is 9.75. The number of fused-ring (bicyclic) bond motifs is 1. The monoisotopic (exact) mass is 396 g/mol. The molecule has 28 heavy (non-hydrogen) atoms. The summed E-state index contributed by atoms with van der Waals surface area (Å²) in [5.41, 5.74) is 1.04. The molecule has 2 N–H and O–H groups in total. The normalized spacial score (nSPS) is 31.4. The largest absolute Gasteiger partial charge is 0.383 e. The minimum atomic E-state index is -3.14. The molecule has 0 bridgehead atoms. The number of rotatable bonds is 9. The molecule has 1 aromatic carbocycles. The van der Waals surface area contributed by atoms with Gasteiger partial charge in [0, 0.05) is 25.2 Å². The molecule has 156 valence electrons. The maximum atomic E-state index is 14.1. The third kappa shape index (κ3) is 5.17. The van der Waals surface area contributed by atoms with Crippen LogP contribution in [0.3, 0.4) is 0 Å². The number of alkyl halides is 2. The Morgan fingerprint density at radius 1 is 1.29 bits per heavy atom. The average molecular weight is 396 g/mol. The molecule has 1 aliphatic carbocycles. The van der Waals surface area contributed by atoms with E-state index >= 15 is 0 Å². The van der Waals surface area contributed by atoms with E-state index in [-0.39, 0.29) is 30.5 Å². The van der Waals surface area contributed by atoms with Crippen molar-refractivity contribution in [1.29, 1.82) is 0 Å². The van der Waals surface area contributed by atoms with Crippen LogP contribution in [0.25, 0.3) is 0 Å². The van der Waals surface area contributed by atoms with Crippen molar-refractivity contribution in [3.63, 3.8) is 0 Å². The molecule has 0 spiro atoms. The molecule has 1 heterocycles. The Labute approximate surface area is 165 Å². The van der Waals surface area contributed by atoms with Gasteiger partial charge in [0.1, 0.15) is 6.10 Å². The second kappa shape index (κ2) is 9.44. The van der Waals surface area contributed by atoms with Gasteiger partial charge in [0.15, 0.2) is 6.29 Å². The Morgan fingerprint density at radius 3 is 2.75 bits per heavy atom. The second-order valence-electron chi connectivity index (χ2n) is 7.87. The first-order valence-electron chi connectivity index (χ1n) is 10.1. The molecule has 3 rings (SSSR count). The number of ether oxygens (including phenoxy) is 2. The lowest BCUT2D eigenvalue weighted by Crippen LogP contribution is -2.32. The number of hydrogen-bond acceptors (Lipinski definition) is 4. The highest BCUT2D eigenvalue weighted by molar-refractivity contribution is 5.14. The van der Waals surface area contributed by atoms with E-state index in [0.717, 1.165) is 5.56 Å². The second-order valence-corrected chi connectivity index (χ2v) is 7.87. The Balaban J connectivity index is 1.66. The van der Waals surface area contributed by atoms with Gasteiger partial charge in [0.05, 0.1) is 18.8 Å².